The summed E-state index contributed by atoms with van der Waals surface area (Å²) in [6.07, 6.45) is 3.56. The summed E-state index contributed by atoms with van der Waals surface area (Å²) in [6.45, 7) is 5.73. The maximum absolute atomic E-state index is 11.6. The molecule has 0 aromatic heterocycles. The number of hydrogen-bond acceptors (Lipinski definition) is 3. The molecular weight excluding hydrogens is 263 g/mol. The first kappa shape index (κ1) is 16.5. The van der Waals surface area contributed by atoms with Gasteiger partial charge in [0.25, 0.3) is 4.33 Å². The van der Waals surface area contributed by atoms with Crippen molar-refractivity contribution in [3.8, 4) is 0 Å². The van der Waals surface area contributed by atoms with Gasteiger partial charge in [-0.3, -0.25) is 4.79 Å². The van der Waals surface area contributed by atoms with Crippen LogP contribution in [0.25, 0.3) is 0 Å². The van der Waals surface area contributed by atoms with E-state index in [1.807, 2.05) is 19.9 Å². The molecule has 5 heteroatoms. The molecule has 0 spiro atoms. The highest BCUT2D eigenvalue weighted by molar-refractivity contribution is 6.67. The molecule has 17 heavy (non-hydrogen) atoms. The van der Waals surface area contributed by atoms with E-state index in [1.165, 1.54) is 5.57 Å². The molecule has 0 aromatic rings. The standard InChI is InChI=1S/C12H18Cl2O3/c1-4-17-11(16)12(13,14)10(15)8-6-5-7-9(2)3/h7H,4-6,8H2,1-3H3. The normalized spacial score (nSPS) is 10.9. The molecule has 0 rings (SSSR count). The lowest BCUT2D eigenvalue weighted by Crippen LogP contribution is -2.37. The van der Waals surface area contributed by atoms with E-state index in [4.69, 9.17) is 23.2 Å². The number of ketones is 1. The summed E-state index contributed by atoms with van der Waals surface area (Å²) in [5.41, 5.74) is 1.19. The van der Waals surface area contributed by atoms with Gasteiger partial charge in [-0.15, -0.1) is 0 Å². The highest BCUT2D eigenvalue weighted by Gasteiger charge is 2.42. The first-order valence-corrected chi connectivity index (χ1v) is 6.29. The molecule has 0 aromatic carbocycles. The number of Topliss-reactive ketones (excluding diaryl/α,β-unsaturated/α-hetero) is 1. The Morgan fingerprint density at radius 1 is 1.29 bits per heavy atom. The molecule has 0 saturated heterocycles. The van der Waals surface area contributed by atoms with Gasteiger partial charge >= 0.3 is 5.97 Å². The predicted octanol–water partition coefficient (Wildman–Crippen LogP) is 3.43. The number of carbonyl (C=O) groups is 2. The maximum atomic E-state index is 11.6. The molecule has 0 N–H and O–H groups in total. The van der Waals surface area contributed by atoms with Crippen LogP contribution in [0.15, 0.2) is 11.6 Å². The van der Waals surface area contributed by atoms with E-state index in [2.05, 4.69) is 4.74 Å². The van der Waals surface area contributed by atoms with Gasteiger partial charge in [0.2, 0.25) is 0 Å². The average molecular weight is 281 g/mol. The molecule has 0 aliphatic rings. The van der Waals surface area contributed by atoms with Gasteiger partial charge in [-0.25, -0.2) is 4.79 Å². The fourth-order valence-corrected chi connectivity index (χ4v) is 1.44. The average Bonchev–Trinajstić information content (AvgIpc) is 2.23. The zero-order valence-electron chi connectivity index (χ0n) is 10.4. The fourth-order valence-electron chi connectivity index (χ4n) is 1.15. The number of esters is 1. The Hall–Kier alpha value is -0.540. The van der Waals surface area contributed by atoms with Crippen LogP contribution in [-0.4, -0.2) is 22.7 Å². The maximum Gasteiger partial charge on any atom is 0.350 e. The van der Waals surface area contributed by atoms with Crippen LogP contribution in [0.5, 0.6) is 0 Å². The Bertz CT molecular complexity index is 305. The third-order valence-electron chi connectivity index (χ3n) is 2.04. The van der Waals surface area contributed by atoms with E-state index in [0.29, 0.717) is 6.42 Å². The molecule has 0 bridgehead atoms. The number of halogens is 2. The number of hydrogen-bond donors (Lipinski definition) is 0. The van der Waals surface area contributed by atoms with Crippen LogP contribution in [0.2, 0.25) is 0 Å². The zero-order valence-corrected chi connectivity index (χ0v) is 11.9. The van der Waals surface area contributed by atoms with Crippen molar-refractivity contribution in [2.24, 2.45) is 0 Å². The second-order valence-electron chi connectivity index (χ2n) is 3.89. The van der Waals surface area contributed by atoms with Crippen molar-refractivity contribution in [2.75, 3.05) is 6.61 Å². The molecular formula is C12H18Cl2O3. The molecule has 0 amide bonds. The van der Waals surface area contributed by atoms with Crippen molar-refractivity contribution in [1.29, 1.82) is 0 Å². The lowest BCUT2D eigenvalue weighted by molar-refractivity contribution is -0.146. The number of carbonyl (C=O) groups excluding carboxylic acids is 2. The molecule has 98 valence electrons. The van der Waals surface area contributed by atoms with E-state index in [0.717, 1.165) is 6.42 Å². The second-order valence-corrected chi connectivity index (χ2v) is 5.22. The van der Waals surface area contributed by atoms with Crippen LogP contribution < -0.4 is 0 Å². The Labute approximate surface area is 112 Å². The van der Waals surface area contributed by atoms with E-state index in [9.17, 15) is 9.59 Å². The van der Waals surface area contributed by atoms with Gasteiger partial charge in [-0.1, -0.05) is 34.9 Å². The van der Waals surface area contributed by atoms with E-state index in [-0.39, 0.29) is 13.0 Å². The van der Waals surface area contributed by atoms with Crippen molar-refractivity contribution in [2.45, 2.75) is 44.4 Å². The SMILES string of the molecule is CCOC(=O)C(Cl)(Cl)C(=O)CCCC=C(C)C. The van der Waals surface area contributed by atoms with E-state index >= 15 is 0 Å². The van der Waals surface area contributed by atoms with Crippen molar-refractivity contribution in [1.82, 2.24) is 0 Å². The van der Waals surface area contributed by atoms with E-state index < -0.39 is 16.1 Å². The predicted molar refractivity (Wildman–Crippen MR) is 69.4 cm³/mol. The van der Waals surface area contributed by atoms with Gasteiger partial charge in [-0.05, 0) is 33.6 Å². The molecule has 0 unspecified atom stereocenters. The lowest BCUT2D eigenvalue weighted by Gasteiger charge is -2.15. The van der Waals surface area contributed by atoms with Crippen LogP contribution >= 0.6 is 23.2 Å². The third-order valence-corrected chi connectivity index (χ3v) is 2.77. The van der Waals surface area contributed by atoms with E-state index in [1.54, 1.807) is 6.92 Å². The highest BCUT2D eigenvalue weighted by Crippen LogP contribution is 2.26. The summed E-state index contributed by atoms with van der Waals surface area (Å²) in [5, 5.41) is 0. The Morgan fingerprint density at radius 3 is 2.35 bits per heavy atom. The molecule has 0 heterocycles. The second kappa shape index (κ2) is 7.72. The first-order valence-electron chi connectivity index (χ1n) is 5.54. The summed E-state index contributed by atoms with van der Waals surface area (Å²) in [7, 11) is 0. The van der Waals surface area contributed by atoms with Crippen LogP contribution in [0, 0.1) is 0 Å². The lowest BCUT2D eigenvalue weighted by atomic mass is 10.1. The molecule has 0 aliphatic carbocycles. The Balaban J connectivity index is 4.21. The summed E-state index contributed by atoms with van der Waals surface area (Å²) in [6, 6.07) is 0. The molecule has 0 aliphatic heterocycles. The highest BCUT2D eigenvalue weighted by atomic mass is 35.5. The van der Waals surface area contributed by atoms with Gasteiger partial charge in [0.05, 0.1) is 6.61 Å². The fraction of sp³-hybridized carbons (Fsp3) is 0.667. The van der Waals surface area contributed by atoms with Gasteiger partial charge in [0.1, 0.15) is 0 Å². The summed E-state index contributed by atoms with van der Waals surface area (Å²) >= 11 is 11.4. The largest absolute Gasteiger partial charge is 0.463 e. The van der Waals surface area contributed by atoms with Crippen LogP contribution in [0.1, 0.15) is 40.0 Å². The number of alkyl halides is 2. The minimum absolute atomic E-state index is 0.144. The van der Waals surface area contributed by atoms with Gasteiger partial charge < -0.3 is 4.74 Å². The van der Waals surface area contributed by atoms with Crippen LogP contribution in [-0.2, 0) is 14.3 Å². The van der Waals surface area contributed by atoms with Gasteiger partial charge in [0.15, 0.2) is 5.78 Å². The van der Waals surface area contributed by atoms with Gasteiger partial charge in [0, 0.05) is 6.42 Å². The molecule has 3 nitrogen and oxygen atoms in total. The van der Waals surface area contributed by atoms with Crippen LogP contribution in [0.3, 0.4) is 0 Å². The quantitative estimate of drug-likeness (QED) is 0.236. The monoisotopic (exact) mass is 280 g/mol. The molecule has 0 radical (unpaired) electrons. The van der Waals surface area contributed by atoms with Crippen molar-refractivity contribution in [3.63, 3.8) is 0 Å². The number of ether oxygens (including phenoxy) is 1. The number of rotatable bonds is 7. The van der Waals surface area contributed by atoms with Crippen molar-refractivity contribution < 1.29 is 14.3 Å². The van der Waals surface area contributed by atoms with Gasteiger partial charge in [-0.2, -0.15) is 0 Å². The first-order chi connectivity index (χ1) is 7.82. The van der Waals surface area contributed by atoms with Crippen molar-refractivity contribution >= 4 is 35.0 Å². The number of allylic oxidation sites excluding steroid dienone is 2. The molecule has 0 atom stereocenters. The summed E-state index contributed by atoms with van der Waals surface area (Å²) in [5.74, 6) is -1.41. The topological polar surface area (TPSA) is 43.4 Å². The third kappa shape index (κ3) is 6.08. The minimum atomic E-state index is -2.07. The molecule has 0 fully saturated rings. The summed E-state index contributed by atoms with van der Waals surface area (Å²) in [4.78, 5) is 23.0. The van der Waals surface area contributed by atoms with Crippen molar-refractivity contribution in [3.05, 3.63) is 11.6 Å². The Kier molecular flexibility index (Phi) is 7.48. The Morgan fingerprint density at radius 2 is 1.88 bits per heavy atom. The minimum Gasteiger partial charge on any atom is -0.463 e. The number of unbranched alkanes of at least 4 members (excludes halogenated alkanes) is 1. The summed E-state index contributed by atoms with van der Waals surface area (Å²) < 4.78 is 2.57. The smallest absolute Gasteiger partial charge is 0.350 e. The molecule has 0 saturated carbocycles. The zero-order chi connectivity index (χ0) is 13.5. The van der Waals surface area contributed by atoms with Crippen LogP contribution in [0.4, 0.5) is 0 Å².